The lowest BCUT2D eigenvalue weighted by molar-refractivity contribution is 0.407. The second-order valence-electron chi connectivity index (χ2n) is 5.49. The van der Waals surface area contributed by atoms with Crippen LogP contribution in [0.15, 0.2) is 36.4 Å². The molecule has 0 spiro atoms. The van der Waals surface area contributed by atoms with E-state index < -0.39 is 0 Å². The molecule has 0 amide bonds. The van der Waals surface area contributed by atoms with Crippen molar-refractivity contribution in [2.24, 2.45) is 0 Å². The Labute approximate surface area is 120 Å². The standard InChI is InChI=1S/C18H21NO/c1-4-13-6-7-16-14(10-13)11-17(19-16)15-9-12(2)5-8-18(15)20-3/h5-10,17,19H,4,11H2,1-3H3. The Morgan fingerprint density at radius 1 is 1.20 bits per heavy atom. The fraction of sp³-hybridized carbons (Fsp3) is 0.333. The normalized spacial score (nSPS) is 16.6. The molecule has 2 nitrogen and oxygen atoms in total. The van der Waals surface area contributed by atoms with Crippen molar-refractivity contribution >= 4 is 5.69 Å². The summed E-state index contributed by atoms with van der Waals surface area (Å²) in [6.07, 6.45) is 2.12. The molecule has 3 rings (SSSR count). The molecule has 2 heteroatoms. The highest BCUT2D eigenvalue weighted by atomic mass is 16.5. The van der Waals surface area contributed by atoms with Gasteiger partial charge in [-0.15, -0.1) is 0 Å². The minimum absolute atomic E-state index is 0.312. The Kier molecular flexibility index (Phi) is 3.39. The van der Waals surface area contributed by atoms with Crippen molar-refractivity contribution < 1.29 is 4.74 Å². The molecule has 0 bridgehead atoms. The predicted molar refractivity (Wildman–Crippen MR) is 83.6 cm³/mol. The number of anilines is 1. The molecule has 1 aliphatic heterocycles. The average molecular weight is 267 g/mol. The quantitative estimate of drug-likeness (QED) is 0.896. The van der Waals surface area contributed by atoms with Crippen molar-refractivity contribution in [1.29, 1.82) is 0 Å². The molecule has 0 saturated carbocycles. The Bertz CT molecular complexity index is 633. The summed E-state index contributed by atoms with van der Waals surface area (Å²) in [6.45, 7) is 4.32. The number of ether oxygens (including phenoxy) is 1. The van der Waals surface area contributed by atoms with Gasteiger partial charge in [-0.05, 0) is 43.0 Å². The van der Waals surface area contributed by atoms with Crippen molar-refractivity contribution in [3.8, 4) is 5.75 Å². The van der Waals surface area contributed by atoms with Crippen LogP contribution in [-0.2, 0) is 12.8 Å². The van der Waals surface area contributed by atoms with Crippen LogP contribution in [0, 0.1) is 6.92 Å². The van der Waals surface area contributed by atoms with Crippen LogP contribution >= 0.6 is 0 Å². The molecule has 0 saturated heterocycles. The van der Waals surface area contributed by atoms with E-state index in [1.807, 2.05) is 0 Å². The Morgan fingerprint density at radius 2 is 2.05 bits per heavy atom. The summed E-state index contributed by atoms with van der Waals surface area (Å²) in [5.41, 5.74) is 6.60. The molecule has 1 heterocycles. The lowest BCUT2D eigenvalue weighted by Gasteiger charge is -2.16. The highest BCUT2D eigenvalue weighted by Gasteiger charge is 2.24. The van der Waals surface area contributed by atoms with Crippen LogP contribution in [-0.4, -0.2) is 7.11 Å². The molecule has 1 atom stereocenters. The predicted octanol–water partition coefficient (Wildman–Crippen LogP) is 4.28. The van der Waals surface area contributed by atoms with Crippen LogP contribution in [0.2, 0.25) is 0 Å². The van der Waals surface area contributed by atoms with Crippen LogP contribution < -0.4 is 10.1 Å². The van der Waals surface area contributed by atoms with E-state index in [-0.39, 0.29) is 0 Å². The Balaban J connectivity index is 1.93. The van der Waals surface area contributed by atoms with Gasteiger partial charge in [0.25, 0.3) is 0 Å². The van der Waals surface area contributed by atoms with Gasteiger partial charge in [-0.3, -0.25) is 0 Å². The number of aryl methyl sites for hydroxylation is 2. The summed E-state index contributed by atoms with van der Waals surface area (Å²) in [5, 5.41) is 3.62. The number of benzene rings is 2. The molecule has 0 fully saturated rings. The number of hydrogen-bond acceptors (Lipinski definition) is 2. The number of methoxy groups -OCH3 is 1. The summed E-state index contributed by atoms with van der Waals surface area (Å²) in [6, 6.07) is 13.4. The average Bonchev–Trinajstić information content (AvgIpc) is 2.89. The van der Waals surface area contributed by atoms with Gasteiger partial charge in [0.05, 0.1) is 13.2 Å². The molecule has 1 aliphatic rings. The molecule has 104 valence electrons. The highest BCUT2D eigenvalue weighted by molar-refractivity contribution is 5.60. The molecule has 0 aliphatic carbocycles. The first-order valence-electron chi connectivity index (χ1n) is 7.24. The summed E-state index contributed by atoms with van der Waals surface area (Å²) >= 11 is 0. The molecule has 1 N–H and O–H groups in total. The topological polar surface area (TPSA) is 21.3 Å². The van der Waals surface area contributed by atoms with Gasteiger partial charge in [0, 0.05) is 11.3 Å². The van der Waals surface area contributed by atoms with Crippen LogP contribution in [0.25, 0.3) is 0 Å². The third kappa shape index (κ3) is 2.26. The van der Waals surface area contributed by atoms with Crippen molar-refractivity contribution in [2.45, 2.75) is 32.7 Å². The highest BCUT2D eigenvalue weighted by Crippen LogP contribution is 2.38. The minimum atomic E-state index is 0.312. The van der Waals surface area contributed by atoms with Crippen molar-refractivity contribution in [1.82, 2.24) is 0 Å². The van der Waals surface area contributed by atoms with Crippen LogP contribution in [0.4, 0.5) is 5.69 Å². The van der Waals surface area contributed by atoms with Gasteiger partial charge in [-0.25, -0.2) is 0 Å². The number of fused-ring (bicyclic) bond motifs is 1. The van der Waals surface area contributed by atoms with E-state index in [1.54, 1.807) is 7.11 Å². The van der Waals surface area contributed by atoms with Gasteiger partial charge in [0.15, 0.2) is 0 Å². The maximum absolute atomic E-state index is 5.52. The zero-order valence-electron chi connectivity index (χ0n) is 12.4. The van der Waals surface area contributed by atoms with Crippen molar-refractivity contribution in [3.63, 3.8) is 0 Å². The molecule has 2 aromatic rings. The van der Waals surface area contributed by atoms with Gasteiger partial charge >= 0.3 is 0 Å². The smallest absolute Gasteiger partial charge is 0.124 e. The fourth-order valence-electron chi connectivity index (χ4n) is 2.95. The first-order valence-corrected chi connectivity index (χ1v) is 7.24. The van der Waals surface area contributed by atoms with Gasteiger partial charge in [-0.1, -0.05) is 36.8 Å². The van der Waals surface area contributed by atoms with E-state index in [0.717, 1.165) is 18.6 Å². The van der Waals surface area contributed by atoms with E-state index in [4.69, 9.17) is 4.74 Å². The van der Waals surface area contributed by atoms with Crippen LogP contribution in [0.3, 0.4) is 0 Å². The fourth-order valence-corrected chi connectivity index (χ4v) is 2.95. The van der Waals surface area contributed by atoms with E-state index >= 15 is 0 Å². The number of hydrogen-bond donors (Lipinski definition) is 1. The SMILES string of the molecule is CCc1ccc2c(c1)CC(c1cc(C)ccc1OC)N2. The maximum Gasteiger partial charge on any atom is 0.124 e. The van der Waals surface area contributed by atoms with E-state index in [9.17, 15) is 0 Å². The first-order chi connectivity index (χ1) is 9.71. The zero-order valence-corrected chi connectivity index (χ0v) is 12.4. The van der Waals surface area contributed by atoms with Crippen molar-refractivity contribution in [2.75, 3.05) is 12.4 Å². The maximum atomic E-state index is 5.52. The lowest BCUT2D eigenvalue weighted by Crippen LogP contribution is -2.07. The van der Waals surface area contributed by atoms with Gasteiger partial charge < -0.3 is 10.1 Å². The second kappa shape index (κ2) is 5.20. The summed E-state index contributed by atoms with van der Waals surface area (Å²) in [7, 11) is 1.74. The third-order valence-corrected chi connectivity index (χ3v) is 4.09. The third-order valence-electron chi connectivity index (χ3n) is 4.09. The molecular formula is C18H21NO. The van der Waals surface area contributed by atoms with Crippen molar-refractivity contribution in [3.05, 3.63) is 58.7 Å². The van der Waals surface area contributed by atoms with E-state index in [2.05, 4.69) is 55.6 Å². The van der Waals surface area contributed by atoms with Gasteiger partial charge in [-0.2, -0.15) is 0 Å². The van der Waals surface area contributed by atoms with Gasteiger partial charge in [0.2, 0.25) is 0 Å². The molecule has 2 aromatic carbocycles. The van der Waals surface area contributed by atoms with Crippen LogP contribution in [0.5, 0.6) is 5.75 Å². The Morgan fingerprint density at radius 3 is 2.80 bits per heavy atom. The lowest BCUT2D eigenvalue weighted by atomic mass is 9.99. The minimum Gasteiger partial charge on any atom is -0.496 e. The van der Waals surface area contributed by atoms with Gasteiger partial charge in [0.1, 0.15) is 5.75 Å². The second-order valence-corrected chi connectivity index (χ2v) is 5.49. The summed E-state index contributed by atoms with van der Waals surface area (Å²) < 4.78 is 5.52. The summed E-state index contributed by atoms with van der Waals surface area (Å²) in [4.78, 5) is 0. The van der Waals surface area contributed by atoms with E-state index in [0.29, 0.717) is 6.04 Å². The van der Waals surface area contributed by atoms with E-state index in [1.165, 1.54) is 27.9 Å². The molecule has 0 aromatic heterocycles. The molecule has 1 unspecified atom stereocenters. The number of rotatable bonds is 3. The monoisotopic (exact) mass is 267 g/mol. The largest absolute Gasteiger partial charge is 0.496 e. The first kappa shape index (κ1) is 13.0. The zero-order chi connectivity index (χ0) is 14.1. The molecule has 20 heavy (non-hydrogen) atoms. The number of nitrogens with one attached hydrogen (secondary N) is 1. The Hall–Kier alpha value is -1.96. The molecular weight excluding hydrogens is 246 g/mol. The summed E-state index contributed by atoms with van der Waals surface area (Å²) in [5.74, 6) is 0.969. The van der Waals surface area contributed by atoms with Crippen LogP contribution in [0.1, 0.15) is 35.2 Å². The molecule has 0 radical (unpaired) electrons.